The van der Waals surface area contributed by atoms with Crippen LogP contribution in [-0.4, -0.2) is 19.7 Å². The fourth-order valence-corrected chi connectivity index (χ4v) is 2.19. The van der Waals surface area contributed by atoms with Gasteiger partial charge in [-0.05, 0) is 31.2 Å². The molecule has 0 aliphatic rings. The molecule has 0 amide bonds. The Morgan fingerprint density at radius 3 is 2.83 bits per heavy atom. The molecule has 3 aromatic heterocycles. The first-order valence-corrected chi connectivity index (χ1v) is 7.09. The minimum absolute atomic E-state index is 0.367. The smallest absolute Gasteiger partial charge is 0.222 e. The highest BCUT2D eigenvalue weighted by Crippen LogP contribution is 2.27. The quantitative estimate of drug-likeness (QED) is 0.784. The van der Waals surface area contributed by atoms with E-state index in [0.29, 0.717) is 24.0 Å². The van der Waals surface area contributed by atoms with E-state index in [2.05, 4.69) is 20.4 Å². The molecule has 0 saturated heterocycles. The van der Waals surface area contributed by atoms with Crippen LogP contribution in [-0.2, 0) is 13.6 Å². The molecule has 0 aliphatic carbocycles. The van der Waals surface area contributed by atoms with Gasteiger partial charge in [-0.25, -0.2) is 14.1 Å². The van der Waals surface area contributed by atoms with Gasteiger partial charge in [0.2, 0.25) is 5.88 Å². The van der Waals surface area contributed by atoms with E-state index in [-0.39, 0.29) is 5.82 Å². The van der Waals surface area contributed by atoms with Gasteiger partial charge < -0.3 is 10.1 Å². The fraction of sp³-hybridized carbons (Fsp3) is 0.188. The summed E-state index contributed by atoms with van der Waals surface area (Å²) in [5, 5.41) is 7.53. The summed E-state index contributed by atoms with van der Waals surface area (Å²) >= 11 is 0. The Labute approximate surface area is 133 Å². The number of pyridine rings is 2. The van der Waals surface area contributed by atoms with Crippen molar-refractivity contribution in [2.45, 2.75) is 13.5 Å². The number of hydrogen-bond acceptors (Lipinski definition) is 5. The molecule has 0 unspecified atom stereocenters. The fourth-order valence-electron chi connectivity index (χ4n) is 2.19. The standard InChI is InChI=1S/C16H16FN5O/c1-11-14(10-20-15-6-5-12(17)8-19-15)16(22(2)21-11)23-13-4-3-7-18-9-13/h3-9H,10H2,1-2H3,(H,19,20). The Bertz CT molecular complexity index is 786. The van der Waals surface area contributed by atoms with Gasteiger partial charge in [0.05, 0.1) is 23.7 Å². The highest BCUT2D eigenvalue weighted by Gasteiger charge is 2.15. The van der Waals surface area contributed by atoms with Gasteiger partial charge in [0.1, 0.15) is 17.4 Å². The number of rotatable bonds is 5. The minimum atomic E-state index is -0.367. The maximum absolute atomic E-state index is 12.9. The number of halogens is 1. The zero-order chi connectivity index (χ0) is 16.2. The molecule has 3 rings (SSSR count). The lowest BCUT2D eigenvalue weighted by Crippen LogP contribution is -2.04. The Kier molecular flexibility index (Phi) is 4.18. The maximum atomic E-state index is 12.9. The van der Waals surface area contributed by atoms with Gasteiger partial charge in [0, 0.05) is 19.8 Å². The van der Waals surface area contributed by atoms with Crippen LogP contribution in [0.2, 0.25) is 0 Å². The molecule has 118 valence electrons. The van der Waals surface area contributed by atoms with Crippen LogP contribution in [0, 0.1) is 12.7 Å². The molecule has 0 saturated carbocycles. The molecule has 1 N–H and O–H groups in total. The van der Waals surface area contributed by atoms with E-state index in [1.165, 1.54) is 12.3 Å². The van der Waals surface area contributed by atoms with Crippen molar-refractivity contribution in [3.05, 3.63) is 59.9 Å². The molecular formula is C16H16FN5O. The molecule has 7 heteroatoms. The summed E-state index contributed by atoms with van der Waals surface area (Å²) in [5.41, 5.74) is 1.75. The van der Waals surface area contributed by atoms with Gasteiger partial charge in [-0.3, -0.25) is 4.98 Å². The van der Waals surface area contributed by atoms with Crippen molar-refractivity contribution in [2.75, 3.05) is 5.32 Å². The van der Waals surface area contributed by atoms with Crippen LogP contribution >= 0.6 is 0 Å². The third-order valence-corrected chi connectivity index (χ3v) is 3.31. The average Bonchev–Trinajstić information content (AvgIpc) is 2.82. The SMILES string of the molecule is Cc1nn(C)c(Oc2cccnc2)c1CNc1ccc(F)cn1. The minimum Gasteiger partial charge on any atom is -0.437 e. The van der Waals surface area contributed by atoms with E-state index >= 15 is 0 Å². The van der Waals surface area contributed by atoms with Crippen molar-refractivity contribution in [3.63, 3.8) is 0 Å². The first kappa shape index (κ1) is 15.0. The number of ether oxygens (including phenoxy) is 1. The van der Waals surface area contributed by atoms with Gasteiger partial charge >= 0.3 is 0 Å². The lowest BCUT2D eigenvalue weighted by molar-refractivity contribution is 0.425. The first-order valence-electron chi connectivity index (χ1n) is 7.09. The van der Waals surface area contributed by atoms with Crippen molar-refractivity contribution < 1.29 is 9.13 Å². The van der Waals surface area contributed by atoms with Crippen LogP contribution in [0.25, 0.3) is 0 Å². The maximum Gasteiger partial charge on any atom is 0.222 e. The van der Waals surface area contributed by atoms with Crippen molar-refractivity contribution in [3.8, 4) is 11.6 Å². The van der Waals surface area contributed by atoms with E-state index in [4.69, 9.17) is 4.74 Å². The normalized spacial score (nSPS) is 10.6. The van der Waals surface area contributed by atoms with Crippen LogP contribution in [0.15, 0.2) is 42.9 Å². The summed E-state index contributed by atoms with van der Waals surface area (Å²) in [6.45, 7) is 2.37. The van der Waals surface area contributed by atoms with Crippen molar-refractivity contribution in [1.82, 2.24) is 19.7 Å². The van der Waals surface area contributed by atoms with Gasteiger partial charge in [0.15, 0.2) is 0 Å². The molecule has 0 spiro atoms. The summed E-state index contributed by atoms with van der Waals surface area (Å²) in [6, 6.07) is 6.58. The zero-order valence-corrected chi connectivity index (χ0v) is 12.8. The predicted octanol–water partition coefficient (Wildman–Crippen LogP) is 3.06. The number of nitrogens with zero attached hydrogens (tertiary/aromatic N) is 4. The highest BCUT2D eigenvalue weighted by atomic mass is 19.1. The lowest BCUT2D eigenvalue weighted by atomic mass is 10.2. The zero-order valence-electron chi connectivity index (χ0n) is 12.8. The molecule has 0 atom stereocenters. The summed E-state index contributed by atoms with van der Waals surface area (Å²) < 4.78 is 20.5. The number of anilines is 1. The Morgan fingerprint density at radius 2 is 2.13 bits per heavy atom. The Balaban J connectivity index is 1.80. The molecule has 0 aliphatic heterocycles. The second-order valence-electron chi connectivity index (χ2n) is 5.00. The van der Waals surface area contributed by atoms with Crippen LogP contribution in [0.4, 0.5) is 10.2 Å². The Morgan fingerprint density at radius 1 is 1.26 bits per heavy atom. The van der Waals surface area contributed by atoms with E-state index in [1.54, 1.807) is 29.2 Å². The largest absolute Gasteiger partial charge is 0.437 e. The molecule has 23 heavy (non-hydrogen) atoms. The molecule has 0 aromatic carbocycles. The highest BCUT2D eigenvalue weighted by molar-refractivity contribution is 5.40. The topological polar surface area (TPSA) is 64.9 Å². The van der Waals surface area contributed by atoms with E-state index < -0.39 is 0 Å². The molecule has 6 nitrogen and oxygen atoms in total. The van der Waals surface area contributed by atoms with Crippen LogP contribution < -0.4 is 10.1 Å². The summed E-state index contributed by atoms with van der Waals surface area (Å²) in [4.78, 5) is 8.01. The molecular weight excluding hydrogens is 297 g/mol. The second kappa shape index (κ2) is 6.43. The average molecular weight is 313 g/mol. The second-order valence-corrected chi connectivity index (χ2v) is 5.00. The van der Waals surface area contributed by atoms with Crippen molar-refractivity contribution >= 4 is 5.82 Å². The van der Waals surface area contributed by atoms with Crippen LogP contribution in [0.1, 0.15) is 11.3 Å². The third kappa shape index (κ3) is 3.45. The summed E-state index contributed by atoms with van der Waals surface area (Å²) in [6.07, 6.45) is 4.50. The van der Waals surface area contributed by atoms with E-state index in [1.807, 2.05) is 20.0 Å². The summed E-state index contributed by atoms with van der Waals surface area (Å²) in [7, 11) is 1.82. The van der Waals surface area contributed by atoms with Crippen LogP contribution in [0.5, 0.6) is 11.6 Å². The monoisotopic (exact) mass is 313 g/mol. The lowest BCUT2D eigenvalue weighted by Gasteiger charge is -2.09. The number of nitrogens with one attached hydrogen (secondary N) is 1. The van der Waals surface area contributed by atoms with Gasteiger partial charge in [-0.1, -0.05) is 0 Å². The molecule has 0 radical (unpaired) electrons. The Hall–Kier alpha value is -2.96. The van der Waals surface area contributed by atoms with Gasteiger partial charge in [0.25, 0.3) is 0 Å². The first-order chi connectivity index (χ1) is 11.1. The van der Waals surface area contributed by atoms with E-state index in [0.717, 1.165) is 11.3 Å². The number of aromatic nitrogens is 4. The van der Waals surface area contributed by atoms with Gasteiger partial charge in [-0.2, -0.15) is 5.10 Å². The van der Waals surface area contributed by atoms with Crippen molar-refractivity contribution in [1.29, 1.82) is 0 Å². The van der Waals surface area contributed by atoms with Crippen molar-refractivity contribution in [2.24, 2.45) is 7.05 Å². The van der Waals surface area contributed by atoms with Crippen LogP contribution in [0.3, 0.4) is 0 Å². The van der Waals surface area contributed by atoms with E-state index in [9.17, 15) is 4.39 Å². The summed E-state index contributed by atoms with van der Waals surface area (Å²) in [5.74, 6) is 1.48. The molecule has 0 fully saturated rings. The predicted molar refractivity (Wildman–Crippen MR) is 83.8 cm³/mol. The number of aryl methyl sites for hydroxylation is 2. The third-order valence-electron chi connectivity index (χ3n) is 3.31. The molecule has 3 heterocycles. The van der Waals surface area contributed by atoms with Gasteiger partial charge in [-0.15, -0.1) is 0 Å². The molecule has 0 bridgehead atoms. The number of hydrogen-bond donors (Lipinski definition) is 1. The molecule has 3 aromatic rings.